The van der Waals surface area contributed by atoms with Gasteiger partial charge < -0.3 is 24.8 Å². The van der Waals surface area contributed by atoms with Gasteiger partial charge in [0.05, 0.1) is 18.0 Å². The quantitative estimate of drug-likeness (QED) is 0.830. The van der Waals surface area contributed by atoms with Crippen LogP contribution in [-0.4, -0.2) is 57.1 Å². The van der Waals surface area contributed by atoms with Gasteiger partial charge in [-0.1, -0.05) is 0 Å². The number of carbonyl (C=O) groups is 2. The van der Waals surface area contributed by atoms with Gasteiger partial charge in [-0.3, -0.25) is 9.69 Å². The van der Waals surface area contributed by atoms with E-state index >= 15 is 0 Å². The molecule has 2 amide bonds. The number of fused-ring (bicyclic) bond motifs is 3. The Morgan fingerprint density at radius 2 is 2.08 bits per heavy atom. The van der Waals surface area contributed by atoms with E-state index in [0.29, 0.717) is 6.61 Å². The molecule has 1 aromatic rings. The van der Waals surface area contributed by atoms with Crippen LogP contribution in [0.2, 0.25) is 0 Å². The molecule has 0 spiro atoms. The van der Waals surface area contributed by atoms with Crippen molar-refractivity contribution in [2.24, 2.45) is 5.73 Å². The topological polar surface area (TPSA) is 94.3 Å². The standard InChI is InChI=1S/C15H16FN3O5/c16-13-8(18-3-4-22-7-12(18)20)1-2-9-14(13)23-6-10-11(5-17)24-15(21)19(9)10/h1-2,10-11H,3-7,17H2/t10-,11-/m0/s1. The summed E-state index contributed by atoms with van der Waals surface area (Å²) in [6.07, 6.45) is -1.07. The van der Waals surface area contributed by atoms with E-state index in [1.807, 2.05) is 0 Å². The average Bonchev–Trinajstić information content (AvgIpc) is 2.93. The molecule has 3 aliphatic heterocycles. The Kier molecular flexibility index (Phi) is 3.54. The van der Waals surface area contributed by atoms with Crippen LogP contribution in [-0.2, 0) is 14.3 Å². The van der Waals surface area contributed by atoms with Crippen LogP contribution in [0.15, 0.2) is 12.1 Å². The number of halogens is 1. The second-order valence-electron chi connectivity index (χ2n) is 5.75. The van der Waals surface area contributed by atoms with Gasteiger partial charge in [0.2, 0.25) is 0 Å². The van der Waals surface area contributed by atoms with Crippen molar-refractivity contribution in [1.82, 2.24) is 0 Å². The summed E-state index contributed by atoms with van der Waals surface area (Å²) in [4.78, 5) is 26.7. The number of benzene rings is 1. The summed E-state index contributed by atoms with van der Waals surface area (Å²) in [5, 5.41) is 0. The third-order valence-corrected chi connectivity index (χ3v) is 4.43. The van der Waals surface area contributed by atoms with E-state index in [-0.39, 0.29) is 55.4 Å². The lowest BCUT2D eigenvalue weighted by Gasteiger charge is -2.33. The molecule has 3 heterocycles. The lowest BCUT2D eigenvalue weighted by atomic mass is 10.1. The Hall–Kier alpha value is -2.39. The highest BCUT2D eigenvalue weighted by Gasteiger charge is 2.47. The van der Waals surface area contributed by atoms with E-state index in [1.54, 1.807) is 6.07 Å². The molecule has 8 nitrogen and oxygen atoms in total. The van der Waals surface area contributed by atoms with Crippen molar-refractivity contribution in [3.8, 4) is 5.75 Å². The van der Waals surface area contributed by atoms with Crippen LogP contribution in [0.25, 0.3) is 0 Å². The number of amides is 2. The van der Waals surface area contributed by atoms with Gasteiger partial charge >= 0.3 is 6.09 Å². The third kappa shape index (κ3) is 2.12. The van der Waals surface area contributed by atoms with E-state index < -0.39 is 18.0 Å². The molecule has 0 bridgehead atoms. The minimum absolute atomic E-state index is 0.0577. The van der Waals surface area contributed by atoms with Crippen LogP contribution < -0.4 is 20.3 Å². The van der Waals surface area contributed by atoms with Gasteiger partial charge in [0.15, 0.2) is 11.6 Å². The molecule has 2 atom stereocenters. The van der Waals surface area contributed by atoms with Gasteiger partial charge in [-0.25, -0.2) is 9.18 Å². The Labute approximate surface area is 136 Å². The number of nitrogens with zero attached hydrogens (tertiary/aromatic N) is 2. The van der Waals surface area contributed by atoms with Crippen LogP contribution in [0.5, 0.6) is 5.75 Å². The molecular weight excluding hydrogens is 321 g/mol. The first-order valence-electron chi connectivity index (χ1n) is 7.65. The highest BCUT2D eigenvalue weighted by molar-refractivity contribution is 5.97. The molecule has 0 unspecified atom stereocenters. The zero-order valence-corrected chi connectivity index (χ0v) is 12.7. The minimum Gasteiger partial charge on any atom is -0.486 e. The maximum absolute atomic E-state index is 14.9. The summed E-state index contributed by atoms with van der Waals surface area (Å²) >= 11 is 0. The molecule has 0 aliphatic carbocycles. The molecule has 2 saturated heterocycles. The molecule has 4 rings (SSSR count). The fraction of sp³-hybridized carbons (Fsp3) is 0.467. The molecular formula is C15H16FN3O5. The van der Waals surface area contributed by atoms with E-state index in [2.05, 4.69) is 0 Å². The summed E-state index contributed by atoms with van der Waals surface area (Å²) in [7, 11) is 0. The van der Waals surface area contributed by atoms with E-state index in [0.717, 1.165) is 0 Å². The molecule has 0 radical (unpaired) electrons. The van der Waals surface area contributed by atoms with E-state index in [9.17, 15) is 14.0 Å². The first-order chi connectivity index (χ1) is 11.6. The zero-order valence-electron chi connectivity index (χ0n) is 12.7. The van der Waals surface area contributed by atoms with Crippen molar-refractivity contribution >= 4 is 23.4 Å². The second-order valence-corrected chi connectivity index (χ2v) is 5.75. The fourth-order valence-electron chi connectivity index (χ4n) is 3.24. The molecule has 0 aromatic heterocycles. The Morgan fingerprint density at radius 1 is 1.29 bits per heavy atom. The van der Waals surface area contributed by atoms with E-state index in [4.69, 9.17) is 19.9 Å². The smallest absolute Gasteiger partial charge is 0.415 e. The normalized spacial score (nSPS) is 25.9. The number of carbonyl (C=O) groups excluding carboxylic acids is 2. The van der Waals surface area contributed by atoms with Gasteiger partial charge in [0, 0.05) is 13.1 Å². The van der Waals surface area contributed by atoms with Crippen molar-refractivity contribution < 1.29 is 28.2 Å². The van der Waals surface area contributed by atoms with Gasteiger partial charge in [-0.2, -0.15) is 0 Å². The van der Waals surface area contributed by atoms with Crippen molar-refractivity contribution in [3.63, 3.8) is 0 Å². The van der Waals surface area contributed by atoms with E-state index in [1.165, 1.54) is 15.9 Å². The highest BCUT2D eigenvalue weighted by atomic mass is 19.1. The molecule has 2 N–H and O–H groups in total. The second kappa shape index (κ2) is 5.60. The zero-order chi connectivity index (χ0) is 16.8. The van der Waals surface area contributed by atoms with Gasteiger partial charge in [0.1, 0.15) is 25.4 Å². The average molecular weight is 337 g/mol. The molecule has 9 heteroatoms. The van der Waals surface area contributed by atoms with Crippen LogP contribution in [0, 0.1) is 5.82 Å². The van der Waals surface area contributed by atoms with Crippen molar-refractivity contribution in [1.29, 1.82) is 0 Å². The molecule has 128 valence electrons. The van der Waals surface area contributed by atoms with Crippen molar-refractivity contribution in [2.75, 3.05) is 42.7 Å². The molecule has 1 aromatic carbocycles. The Morgan fingerprint density at radius 3 is 2.83 bits per heavy atom. The number of rotatable bonds is 2. The summed E-state index contributed by atoms with van der Waals surface area (Å²) in [5.74, 6) is -1.06. The Bertz CT molecular complexity index is 713. The van der Waals surface area contributed by atoms with Crippen LogP contribution >= 0.6 is 0 Å². The monoisotopic (exact) mass is 337 g/mol. The lowest BCUT2D eigenvalue weighted by molar-refractivity contribution is -0.125. The molecule has 0 saturated carbocycles. The molecule has 2 fully saturated rings. The maximum atomic E-state index is 14.9. The van der Waals surface area contributed by atoms with Crippen LogP contribution in [0.3, 0.4) is 0 Å². The number of nitrogens with two attached hydrogens (primary N) is 1. The van der Waals surface area contributed by atoms with Gasteiger partial charge in [0.25, 0.3) is 5.91 Å². The number of cyclic esters (lactones) is 1. The molecule has 3 aliphatic rings. The predicted octanol–water partition coefficient (Wildman–Crippen LogP) is 0.234. The number of anilines is 2. The number of morpholine rings is 1. The largest absolute Gasteiger partial charge is 0.486 e. The van der Waals surface area contributed by atoms with Gasteiger partial charge in [-0.15, -0.1) is 0 Å². The minimum atomic E-state index is -0.676. The highest BCUT2D eigenvalue weighted by Crippen LogP contribution is 2.43. The summed E-state index contributed by atoms with van der Waals surface area (Å²) < 4.78 is 30.7. The summed E-state index contributed by atoms with van der Waals surface area (Å²) in [6.45, 7) is 0.753. The predicted molar refractivity (Wildman–Crippen MR) is 80.7 cm³/mol. The summed E-state index contributed by atoms with van der Waals surface area (Å²) in [6, 6.07) is 2.64. The number of hydrogen-bond acceptors (Lipinski definition) is 6. The SMILES string of the molecule is NC[C@@H]1OC(=O)N2c3ccc(N4CCOCC4=O)c(F)c3OC[C@@H]12. The van der Waals surface area contributed by atoms with Crippen LogP contribution in [0.1, 0.15) is 0 Å². The first kappa shape index (κ1) is 15.2. The number of ether oxygens (including phenoxy) is 3. The third-order valence-electron chi connectivity index (χ3n) is 4.43. The summed E-state index contributed by atoms with van der Waals surface area (Å²) in [5.41, 5.74) is 6.00. The van der Waals surface area contributed by atoms with Crippen molar-refractivity contribution in [3.05, 3.63) is 17.9 Å². The molecule has 24 heavy (non-hydrogen) atoms. The first-order valence-corrected chi connectivity index (χ1v) is 7.65. The van der Waals surface area contributed by atoms with Gasteiger partial charge in [-0.05, 0) is 12.1 Å². The number of hydrogen-bond donors (Lipinski definition) is 1. The lowest BCUT2D eigenvalue weighted by Crippen LogP contribution is -2.47. The van der Waals surface area contributed by atoms with Crippen molar-refractivity contribution in [2.45, 2.75) is 12.1 Å². The Balaban J connectivity index is 1.73. The fourth-order valence-corrected chi connectivity index (χ4v) is 3.24. The van der Waals surface area contributed by atoms with Crippen LogP contribution in [0.4, 0.5) is 20.6 Å². The maximum Gasteiger partial charge on any atom is 0.415 e.